The minimum atomic E-state index is 0.399. The van der Waals surface area contributed by atoms with Gasteiger partial charge in [0.2, 0.25) is 0 Å². The van der Waals surface area contributed by atoms with Crippen molar-refractivity contribution in [2.75, 3.05) is 27.4 Å². The number of ether oxygens (including phenoxy) is 2. The maximum Gasteiger partial charge on any atom is 0.104 e. The molecule has 0 amide bonds. The molecule has 0 spiro atoms. The zero-order valence-electron chi connectivity index (χ0n) is 9.85. The topological polar surface area (TPSA) is 83.6 Å². The Hall–Kier alpha value is -1.14. The minimum absolute atomic E-state index is 0.399. The van der Waals surface area contributed by atoms with E-state index in [1.807, 2.05) is 0 Å². The molecule has 0 aromatic carbocycles. The van der Waals surface area contributed by atoms with Crippen molar-refractivity contribution < 1.29 is 19.9 Å². The van der Waals surface area contributed by atoms with Crippen LogP contribution in [0.1, 0.15) is 25.7 Å². The van der Waals surface area contributed by atoms with E-state index in [2.05, 4.69) is 10.3 Å². The first-order chi connectivity index (χ1) is 7.79. The highest BCUT2D eigenvalue weighted by Crippen LogP contribution is 2.02. The minimum Gasteiger partial charge on any atom is -0.411 e. The molecular formula is C10H20N2O4. The van der Waals surface area contributed by atoms with Crippen molar-refractivity contribution >= 4 is 11.4 Å². The highest BCUT2D eigenvalue weighted by atomic mass is 16.5. The molecule has 0 heterocycles. The van der Waals surface area contributed by atoms with Crippen LogP contribution in [-0.4, -0.2) is 49.3 Å². The fourth-order valence-corrected chi connectivity index (χ4v) is 1.27. The molecule has 0 unspecified atom stereocenters. The van der Waals surface area contributed by atoms with Crippen LogP contribution in [0.5, 0.6) is 0 Å². The SMILES string of the molecule is COCCCC(=NO)C(CCCOC)=NO. The Labute approximate surface area is 95.5 Å². The number of hydrogen-bond acceptors (Lipinski definition) is 6. The predicted molar refractivity (Wildman–Crippen MR) is 60.7 cm³/mol. The van der Waals surface area contributed by atoms with Crippen LogP contribution < -0.4 is 0 Å². The molecule has 0 aliphatic carbocycles. The molecule has 94 valence electrons. The van der Waals surface area contributed by atoms with Gasteiger partial charge in [-0.3, -0.25) is 0 Å². The molecule has 0 aromatic heterocycles. The van der Waals surface area contributed by atoms with Crippen molar-refractivity contribution in [1.29, 1.82) is 0 Å². The fraction of sp³-hybridized carbons (Fsp3) is 0.800. The molecule has 0 rings (SSSR count). The Bertz CT molecular complexity index is 205. The molecule has 6 heteroatoms. The van der Waals surface area contributed by atoms with Gasteiger partial charge in [-0.15, -0.1) is 0 Å². The molecule has 16 heavy (non-hydrogen) atoms. The number of hydrogen-bond donors (Lipinski definition) is 2. The van der Waals surface area contributed by atoms with Crippen molar-refractivity contribution in [2.24, 2.45) is 10.3 Å². The van der Waals surface area contributed by atoms with Crippen molar-refractivity contribution in [1.82, 2.24) is 0 Å². The quantitative estimate of drug-likeness (QED) is 0.273. The van der Waals surface area contributed by atoms with E-state index in [-0.39, 0.29) is 0 Å². The van der Waals surface area contributed by atoms with Gasteiger partial charge in [0.15, 0.2) is 0 Å². The standard InChI is InChI=1S/C10H20N2O4/c1-15-7-3-5-9(11-13)10(12-14)6-4-8-16-2/h13-14H,3-8H2,1-2H3. The molecule has 0 radical (unpaired) electrons. The lowest BCUT2D eigenvalue weighted by atomic mass is 10.1. The second kappa shape index (κ2) is 10.4. The Morgan fingerprint density at radius 2 is 1.25 bits per heavy atom. The van der Waals surface area contributed by atoms with Crippen LogP contribution in [0.2, 0.25) is 0 Å². The third kappa shape index (κ3) is 6.36. The lowest BCUT2D eigenvalue weighted by molar-refractivity contribution is 0.195. The summed E-state index contributed by atoms with van der Waals surface area (Å²) in [5.74, 6) is 0. The van der Waals surface area contributed by atoms with Gasteiger partial charge < -0.3 is 19.9 Å². The number of rotatable bonds is 9. The van der Waals surface area contributed by atoms with Gasteiger partial charge in [-0.2, -0.15) is 0 Å². The Kier molecular flexibility index (Phi) is 9.64. The zero-order chi connectivity index (χ0) is 12.2. The molecule has 0 saturated heterocycles. The lowest BCUT2D eigenvalue weighted by Gasteiger charge is -2.06. The highest BCUT2D eigenvalue weighted by molar-refractivity contribution is 6.42. The van der Waals surface area contributed by atoms with E-state index in [9.17, 15) is 0 Å². The summed E-state index contributed by atoms with van der Waals surface area (Å²) >= 11 is 0. The predicted octanol–water partition coefficient (Wildman–Crippen LogP) is 1.50. The summed E-state index contributed by atoms with van der Waals surface area (Å²) in [6.45, 7) is 1.16. The molecule has 0 saturated carbocycles. The van der Waals surface area contributed by atoms with Crippen LogP contribution in [0.4, 0.5) is 0 Å². The van der Waals surface area contributed by atoms with Crippen molar-refractivity contribution in [3.05, 3.63) is 0 Å². The van der Waals surface area contributed by atoms with Gasteiger partial charge in [-0.05, 0) is 25.7 Å². The second-order valence-corrected chi connectivity index (χ2v) is 3.29. The number of oxime groups is 2. The lowest BCUT2D eigenvalue weighted by Crippen LogP contribution is -2.16. The Morgan fingerprint density at radius 1 is 0.875 bits per heavy atom. The van der Waals surface area contributed by atoms with E-state index in [1.54, 1.807) is 14.2 Å². The largest absolute Gasteiger partial charge is 0.411 e. The molecule has 0 bridgehead atoms. The molecular weight excluding hydrogens is 212 g/mol. The Morgan fingerprint density at radius 3 is 1.50 bits per heavy atom. The van der Waals surface area contributed by atoms with E-state index in [0.29, 0.717) is 37.5 Å². The summed E-state index contributed by atoms with van der Waals surface area (Å²) in [4.78, 5) is 0. The summed E-state index contributed by atoms with van der Waals surface area (Å²) in [5.41, 5.74) is 0.798. The summed E-state index contributed by atoms with van der Waals surface area (Å²) in [6.07, 6.45) is 2.49. The van der Waals surface area contributed by atoms with Gasteiger partial charge >= 0.3 is 0 Å². The number of methoxy groups -OCH3 is 2. The van der Waals surface area contributed by atoms with E-state index >= 15 is 0 Å². The maximum atomic E-state index is 8.81. The third-order valence-corrected chi connectivity index (χ3v) is 2.10. The van der Waals surface area contributed by atoms with Gasteiger partial charge in [0.1, 0.15) is 11.4 Å². The average molecular weight is 232 g/mol. The van der Waals surface area contributed by atoms with Crippen molar-refractivity contribution in [2.45, 2.75) is 25.7 Å². The fourth-order valence-electron chi connectivity index (χ4n) is 1.27. The van der Waals surface area contributed by atoms with E-state index in [1.165, 1.54) is 0 Å². The first-order valence-electron chi connectivity index (χ1n) is 5.20. The average Bonchev–Trinajstić information content (AvgIpc) is 2.31. The molecule has 0 aliphatic rings. The molecule has 0 aliphatic heterocycles. The smallest absolute Gasteiger partial charge is 0.104 e. The summed E-state index contributed by atoms with van der Waals surface area (Å²) in [6, 6.07) is 0. The molecule has 0 aromatic rings. The highest BCUT2D eigenvalue weighted by Gasteiger charge is 2.10. The summed E-state index contributed by atoms with van der Waals surface area (Å²) in [5, 5.41) is 23.9. The first kappa shape index (κ1) is 14.9. The Balaban J connectivity index is 4.09. The molecule has 2 N–H and O–H groups in total. The maximum absolute atomic E-state index is 8.81. The first-order valence-corrected chi connectivity index (χ1v) is 5.20. The third-order valence-electron chi connectivity index (χ3n) is 2.10. The summed E-state index contributed by atoms with van der Waals surface area (Å²) in [7, 11) is 3.21. The van der Waals surface area contributed by atoms with Crippen LogP contribution in [0.3, 0.4) is 0 Å². The van der Waals surface area contributed by atoms with Gasteiger partial charge in [-0.1, -0.05) is 10.3 Å². The zero-order valence-corrected chi connectivity index (χ0v) is 9.85. The van der Waals surface area contributed by atoms with Crippen LogP contribution in [0, 0.1) is 0 Å². The van der Waals surface area contributed by atoms with Crippen LogP contribution in [-0.2, 0) is 9.47 Å². The monoisotopic (exact) mass is 232 g/mol. The van der Waals surface area contributed by atoms with Gasteiger partial charge in [0.05, 0.1) is 0 Å². The van der Waals surface area contributed by atoms with Crippen LogP contribution >= 0.6 is 0 Å². The second-order valence-electron chi connectivity index (χ2n) is 3.29. The van der Waals surface area contributed by atoms with Gasteiger partial charge in [0, 0.05) is 27.4 Å². The van der Waals surface area contributed by atoms with Crippen molar-refractivity contribution in [3.63, 3.8) is 0 Å². The summed E-state index contributed by atoms with van der Waals surface area (Å²) < 4.78 is 9.78. The molecule has 0 atom stereocenters. The molecule has 6 nitrogen and oxygen atoms in total. The number of nitrogens with zero attached hydrogens (tertiary/aromatic N) is 2. The van der Waals surface area contributed by atoms with Crippen LogP contribution in [0.15, 0.2) is 10.3 Å². The van der Waals surface area contributed by atoms with Gasteiger partial charge in [0.25, 0.3) is 0 Å². The van der Waals surface area contributed by atoms with Crippen LogP contribution in [0.25, 0.3) is 0 Å². The molecule has 0 fully saturated rings. The van der Waals surface area contributed by atoms with Gasteiger partial charge in [-0.25, -0.2) is 0 Å². The van der Waals surface area contributed by atoms with Crippen molar-refractivity contribution in [3.8, 4) is 0 Å². The normalized spacial score (nSPS) is 13.1. The van der Waals surface area contributed by atoms with E-state index in [4.69, 9.17) is 19.9 Å². The van der Waals surface area contributed by atoms with E-state index in [0.717, 1.165) is 12.8 Å². The van der Waals surface area contributed by atoms with E-state index < -0.39 is 0 Å².